The quantitative estimate of drug-likeness (QED) is 0.194. The summed E-state index contributed by atoms with van der Waals surface area (Å²) in [6, 6.07) is 20.3. The number of rotatable bonds is 11. The van der Waals surface area contributed by atoms with Gasteiger partial charge in [-0.15, -0.1) is 0 Å². The highest BCUT2D eigenvalue weighted by Gasteiger charge is 2.19. The molecule has 238 valence electrons. The lowest BCUT2D eigenvalue weighted by Crippen LogP contribution is -2.33. The minimum Gasteiger partial charge on any atom is -0.496 e. The summed E-state index contributed by atoms with van der Waals surface area (Å²) in [6.07, 6.45) is 4.39. The van der Waals surface area contributed by atoms with E-state index in [1.807, 2.05) is 36.4 Å². The number of carbonyl (C=O) groups excluding carboxylic acids is 1. The SMILES string of the molecule is COc1cc(OC)c(-c2cccc3c(CCC(=O)O)cccc23)c(OCCN2CCCCC2)c1.Cc1cccc(F)c1C(N)=O. The molecule has 0 aromatic heterocycles. The summed E-state index contributed by atoms with van der Waals surface area (Å²) in [5, 5.41) is 11.2. The Bertz CT molecular complexity index is 1610. The third-order valence-corrected chi connectivity index (χ3v) is 7.97. The van der Waals surface area contributed by atoms with E-state index in [-0.39, 0.29) is 12.0 Å². The number of benzene rings is 4. The van der Waals surface area contributed by atoms with Crippen molar-refractivity contribution in [3.05, 3.63) is 89.2 Å². The Labute approximate surface area is 263 Å². The van der Waals surface area contributed by atoms with Crippen LogP contribution in [0.2, 0.25) is 0 Å². The fourth-order valence-electron chi connectivity index (χ4n) is 5.69. The molecule has 0 atom stereocenters. The molecule has 0 spiro atoms. The first-order chi connectivity index (χ1) is 21.7. The first-order valence-corrected chi connectivity index (χ1v) is 15.1. The monoisotopic (exact) mass is 616 g/mol. The lowest BCUT2D eigenvalue weighted by atomic mass is 9.93. The van der Waals surface area contributed by atoms with Gasteiger partial charge in [0.25, 0.3) is 5.91 Å². The molecule has 5 rings (SSSR count). The predicted octanol–water partition coefficient (Wildman–Crippen LogP) is 6.64. The second-order valence-electron chi connectivity index (χ2n) is 11.0. The number of hydrogen-bond acceptors (Lipinski definition) is 6. The molecule has 0 unspecified atom stereocenters. The molecule has 1 heterocycles. The minimum atomic E-state index is -0.797. The van der Waals surface area contributed by atoms with Gasteiger partial charge in [0.1, 0.15) is 29.7 Å². The zero-order valence-corrected chi connectivity index (χ0v) is 26.1. The Hall–Kier alpha value is -4.63. The van der Waals surface area contributed by atoms with Crippen LogP contribution in [0.1, 0.15) is 47.2 Å². The van der Waals surface area contributed by atoms with E-state index in [0.717, 1.165) is 52.8 Å². The Morgan fingerprint density at radius 2 is 1.60 bits per heavy atom. The summed E-state index contributed by atoms with van der Waals surface area (Å²) < 4.78 is 30.5. The number of halogens is 1. The smallest absolute Gasteiger partial charge is 0.303 e. The van der Waals surface area contributed by atoms with Gasteiger partial charge in [-0.05, 0) is 72.8 Å². The van der Waals surface area contributed by atoms with Gasteiger partial charge in [0.05, 0.1) is 25.3 Å². The van der Waals surface area contributed by atoms with Crippen LogP contribution in [0.3, 0.4) is 0 Å². The average molecular weight is 617 g/mol. The maximum absolute atomic E-state index is 12.8. The molecule has 1 fully saturated rings. The number of nitrogens with two attached hydrogens (primary N) is 1. The van der Waals surface area contributed by atoms with Crippen LogP contribution in [0.5, 0.6) is 17.2 Å². The summed E-state index contributed by atoms with van der Waals surface area (Å²) >= 11 is 0. The van der Waals surface area contributed by atoms with Crippen molar-refractivity contribution in [2.75, 3.05) is 40.5 Å². The molecule has 0 aliphatic carbocycles. The molecule has 3 N–H and O–H groups in total. The molecular formula is C36H41FN2O6. The van der Waals surface area contributed by atoms with Gasteiger partial charge in [0.15, 0.2) is 0 Å². The second kappa shape index (κ2) is 15.9. The number of carboxylic acids is 1. The molecule has 8 nitrogen and oxygen atoms in total. The normalized spacial score (nSPS) is 13.1. The van der Waals surface area contributed by atoms with E-state index in [2.05, 4.69) is 17.0 Å². The van der Waals surface area contributed by atoms with Crippen molar-refractivity contribution in [1.29, 1.82) is 0 Å². The van der Waals surface area contributed by atoms with Crippen molar-refractivity contribution >= 4 is 22.6 Å². The topological polar surface area (TPSA) is 111 Å². The number of nitrogens with zero attached hydrogens (tertiary/aromatic N) is 1. The molecule has 9 heteroatoms. The summed E-state index contributed by atoms with van der Waals surface area (Å²) in [4.78, 5) is 24.2. The van der Waals surface area contributed by atoms with E-state index in [9.17, 15) is 14.0 Å². The van der Waals surface area contributed by atoms with Crippen LogP contribution in [-0.2, 0) is 11.2 Å². The Kier molecular flexibility index (Phi) is 11.8. The van der Waals surface area contributed by atoms with Gasteiger partial charge in [-0.1, -0.05) is 55.0 Å². The molecule has 4 aromatic rings. The van der Waals surface area contributed by atoms with E-state index in [1.165, 1.54) is 31.4 Å². The highest BCUT2D eigenvalue weighted by molar-refractivity contribution is 6.01. The number of amides is 1. The number of ether oxygens (including phenoxy) is 3. The zero-order chi connectivity index (χ0) is 32.3. The first kappa shape index (κ1) is 33.3. The molecule has 1 amide bonds. The highest BCUT2D eigenvalue weighted by Crippen LogP contribution is 2.44. The van der Waals surface area contributed by atoms with Crippen LogP contribution in [0.4, 0.5) is 4.39 Å². The van der Waals surface area contributed by atoms with Gasteiger partial charge in [-0.25, -0.2) is 4.39 Å². The largest absolute Gasteiger partial charge is 0.496 e. The number of carboxylic acid groups (broad SMARTS) is 1. The Balaban J connectivity index is 0.000000354. The van der Waals surface area contributed by atoms with Crippen LogP contribution in [-0.4, -0.2) is 62.3 Å². The predicted molar refractivity (Wildman–Crippen MR) is 174 cm³/mol. The lowest BCUT2D eigenvalue weighted by molar-refractivity contribution is -0.136. The summed E-state index contributed by atoms with van der Waals surface area (Å²) in [6.45, 7) is 5.36. The maximum Gasteiger partial charge on any atom is 0.303 e. The second-order valence-corrected chi connectivity index (χ2v) is 11.0. The third kappa shape index (κ3) is 8.51. The van der Waals surface area contributed by atoms with Crippen molar-refractivity contribution in [3.63, 3.8) is 0 Å². The van der Waals surface area contributed by atoms with E-state index >= 15 is 0 Å². The number of aliphatic carboxylic acids is 1. The summed E-state index contributed by atoms with van der Waals surface area (Å²) in [5.74, 6) is -0.00385. The summed E-state index contributed by atoms with van der Waals surface area (Å²) in [7, 11) is 3.29. The van der Waals surface area contributed by atoms with E-state index in [1.54, 1.807) is 27.2 Å². The molecule has 4 aromatic carbocycles. The van der Waals surface area contributed by atoms with Crippen LogP contribution in [0.15, 0.2) is 66.7 Å². The molecule has 45 heavy (non-hydrogen) atoms. The van der Waals surface area contributed by atoms with Gasteiger partial charge in [-0.2, -0.15) is 0 Å². The first-order valence-electron chi connectivity index (χ1n) is 15.1. The minimum absolute atomic E-state index is 0.0208. The lowest BCUT2D eigenvalue weighted by Gasteiger charge is -2.26. The number of aryl methyl sites for hydroxylation is 2. The standard InChI is InChI=1S/C28H33NO5.C8H8FNO/c1-32-21-18-25(33-2)28(26(19-21)34-17-16-29-14-4-3-5-15-29)24-11-7-9-22-20(12-13-27(30)31)8-6-10-23(22)24;1-5-3-2-4-6(9)7(5)8(10)11/h6-11,18-19H,3-5,12-17H2,1-2H3,(H,30,31);2-4H,1H3,(H2,10,11). The molecule has 1 aliphatic heterocycles. The van der Waals surface area contributed by atoms with Crippen LogP contribution in [0, 0.1) is 12.7 Å². The fourth-order valence-corrected chi connectivity index (χ4v) is 5.69. The molecular weight excluding hydrogens is 575 g/mol. The fraction of sp³-hybridized carbons (Fsp3) is 0.333. The number of methoxy groups -OCH3 is 2. The molecule has 1 aliphatic rings. The maximum atomic E-state index is 12.8. The van der Waals surface area contributed by atoms with Crippen molar-refractivity contribution in [1.82, 2.24) is 4.90 Å². The van der Waals surface area contributed by atoms with Crippen molar-refractivity contribution < 1.29 is 33.3 Å². The highest BCUT2D eigenvalue weighted by atomic mass is 19.1. The third-order valence-electron chi connectivity index (χ3n) is 7.97. The molecule has 1 saturated heterocycles. The average Bonchev–Trinajstić information content (AvgIpc) is 3.03. The van der Waals surface area contributed by atoms with E-state index < -0.39 is 17.7 Å². The van der Waals surface area contributed by atoms with Gasteiger partial charge in [-0.3, -0.25) is 14.5 Å². The van der Waals surface area contributed by atoms with Gasteiger partial charge in [0.2, 0.25) is 0 Å². The van der Waals surface area contributed by atoms with Gasteiger partial charge < -0.3 is 25.1 Å². The number of piperidine rings is 1. The van der Waals surface area contributed by atoms with Crippen LogP contribution in [0.25, 0.3) is 21.9 Å². The van der Waals surface area contributed by atoms with Crippen molar-refractivity contribution in [3.8, 4) is 28.4 Å². The molecule has 0 saturated carbocycles. The molecule has 0 radical (unpaired) electrons. The number of likely N-dealkylation sites (tertiary alicyclic amines) is 1. The number of primary amides is 1. The van der Waals surface area contributed by atoms with Gasteiger partial charge in [0, 0.05) is 25.1 Å². The number of fused-ring (bicyclic) bond motifs is 1. The Morgan fingerprint density at radius 3 is 2.24 bits per heavy atom. The molecule has 0 bridgehead atoms. The summed E-state index contributed by atoms with van der Waals surface area (Å²) in [5.41, 5.74) is 8.36. The number of hydrogen-bond donors (Lipinski definition) is 2. The zero-order valence-electron chi connectivity index (χ0n) is 26.1. The van der Waals surface area contributed by atoms with Crippen LogP contribution < -0.4 is 19.9 Å². The number of carbonyl (C=O) groups is 2. The van der Waals surface area contributed by atoms with Gasteiger partial charge >= 0.3 is 5.97 Å². The van der Waals surface area contributed by atoms with Crippen molar-refractivity contribution in [2.24, 2.45) is 5.73 Å². The van der Waals surface area contributed by atoms with E-state index in [4.69, 9.17) is 25.1 Å². The van der Waals surface area contributed by atoms with Crippen molar-refractivity contribution in [2.45, 2.75) is 39.0 Å². The van der Waals surface area contributed by atoms with E-state index in [0.29, 0.717) is 30.1 Å². The Morgan fingerprint density at radius 1 is 0.911 bits per heavy atom. The van der Waals surface area contributed by atoms with Crippen LogP contribution >= 0.6 is 0 Å².